The molecule has 0 aromatic heterocycles. The molecule has 0 radical (unpaired) electrons. The van der Waals surface area contributed by atoms with Crippen LogP contribution >= 0.6 is 0 Å². The predicted octanol–water partition coefficient (Wildman–Crippen LogP) is 3.10. The van der Waals surface area contributed by atoms with Gasteiger partial charge in [0.2, 0.25) is 5.91 Å². The van der Waals surface area contributed by atoms with Gasteiger partial charge in [-0.15, -0.1) is 0 Å². The average molecular weight is 497 g/mol. The maximum Gasteiger partial charge on any atom is 0.433 e. The van der Waals surface area contributed by atoms with Crippen LogP contribution in [0.25, 0.3) is 5.57 Å². The lowest BCUT2D eigenvalue weighted by atomic mass is 10.0. The topological polar surface area (TPSA) is 113 Å². The van der Waals surface area contributed by atoms with Gasteiger partial charge < -0.3 is 25.6 Å². The van der Waals surface area contributed by atoms with Gasteiger partial charge in [0.05, 0.1) is 25.4 Å². The summed E-state index contributed by atoms with van der Waals surface area (Å²) in [5.41, 5.74) is -1.09. The molecule has 12 heteroatoms. The van der Waals surface area contributed by atoms with Gasteiger partial charge in [-0.25, -0.2) is 4.39 Å². The fraction of sp³-hybridized carbons (Fsp3) is 0.435. The number of rotatable bonds is 8. The molecule has 190 valence electrons. The first-order valence-corrected chi connectivity index (χ1v) is 11.0. The number of carbonyl (C=O) groups is 1. The van der Waals surface area contributed by atoms with Crippen molar-refractivity contribution in [3.8, 4) is 0 Å². The Kier molecular flexibility index (Phi) is 8.15. The van der Waals surface area contributed by atoms with Crippen LogP contribution in [0.4, 0.5) is 23.2 Å². The van der Waals surface area contributed by atoms with Crippen molar-refractivity contribution < 1.29 is 27.1 Å². The summed E-state index contributed by atoms with van der Waals surface area (Å²) in [5.74, 6) is -0.792. The number of nitrogens with one attached hydrogen (secondary N) is 5. The molecule has 5 N–H and O–H groups in total. The number of amides is 1. The van der Waals surface area contributed by atoms with E-state index < -0.39 is 23.3 Å². The second kappa shape index (κ2) is 10.9. The minimum absolute atomic E-state index is 0.111. The number of alkyl halides is 3. The van der Waals surface area contributed by atoms with Crippen molar-refractivity contribution in [2.24, 2.45) is 5.92 Å². The van der Waals surface area contributed by atoms with E-state index in [0.29, 0.717) is 44.2 Å². The van der Waals surface area contributed by atoms with E-state index >= 15 is 0 Å². The lowest BCUT2D eigenvalue weighted by Crippen LogP contribution is -2.43. The molecule has 0 spiro atoms. The van der Waals surface area contributed by atoms with Crippen LogP contribution in [0.2, 0.25) is 0 Å². The van der Waals surface area contributed by atoms with E-state index in [1.807, 2.05) is 0 Å². The van der Waals surface area contributed by atoms with Crippen LogP contribution in [-0.4, -0.2) is 68.4 Å². The maximum atomic E-state index is 14.9. The third-order valence-electron chi connectivity index (χ3n) is 5.78. The molecule has 2 aliphatic rings. The first-order chi connectivity index (χ1) is 16.5. The standard InChI is InChI=1S/C23H28F4N6O2/c1-13(34)33-6-5-19(31-8-14-11-35-12-14)17(10-33)22(29)32-20-4-3-15(7-18(20)24)16(9-30-2)21(28)23(25,26)27/h3-4,7,9,14,28,30-31H,5-6,8,10-12H2,1-2H3,(H2,29,32)/b16-9-,28-21?. The molecular weight excluding hydrogens is 468 g/mol. The Morgan fingerprint density at radius 3 is 2.54 bits per heavy atom. The molecule has 0 unspecified atom stereocenters. The van der Waals surface area contributed by atoms with Crippen LogP contribution < -0.4 is 16.0 Å². The molecule has 0 atom stereocenters. The van der Waals surface area contributed by atoms with E-state index in [1.54, 1.807) is 4.90 Å². The Labute approximate surface area is 200 Å². The van der Waals surface area contributed by atoms with Gasteiger partial charge in [0.1, 0.15) is 17.4 Å². The Morgan fingerprint density at radius 1 is 1.29 bits per heavy atom. The summed E-state index contributed by atoms with van der Waals surface area (Å²) in [6.45, 7) is 4.05. The van der Waals surface area contributed by atoms with Crippen molar-refractivity contribution in [2.75, 3.05) is 45.2 Å². The van der Waals surface area contributed by atoms with Gasteiger partial charge >= 0.3 is 6.18 Å². The van der Waals surface area contributed by atoms with Crippen molar-refractivity contribution in [3.63, 3.8) is 0 Å². The lowest BCUT2D eigenvalue weighted by molar-refractivity contribution is -0.128. The molecule has 1 aromatic rings. The lowest BCUT2D eigenvalue weighted by Gasteiger charge is -2.33. The molecule has 1 aromatic carbocycles. The molecule has 35 heavy (non-hydrogen) atoms. The smallest absolute Gasteiger partial charge is 0.393 e. The van der Waals surface area contributed by atoms with Gasteiger partial charge in [0.25, 0.3) is 0 Å². The second-order valence-corrected chi connectivity index (χ2v) is 8.35. The molecule has 2 heterocycles. The zero-order chi connectivity index (χ0) is 25.8. The highest BCUT2D eigenvalue weighted by Gasteiger charge is 2.37. The zero-order valence-electron chi connectivity index (χ0n) is 19.4. The zero-order valence-corrected chi connectivity index (χ0v) is 19.4. The van der Waals surface area contributed by atoms with E-state index in [2.05, 4.69) is 16.0 Å². The van der Waals surface area contributed by atoms with Gasteiger partial charge in [-0.2, -0.15) is 13.2 Å². The van der Waals surface area contributed by atoms with E-state index in [1.165, 1.54) is 26.1 Å². The molecule has 2 aliphatic heterocycles. The summed E-state index contributed by atoms with van der Waals surface area (Å²) in [6.07, 6.45) is -3.41. The fourth-order valence-corrected chi connectivity index (χ4v) is 3.72. The number of benzene rings is 1. The highest BCUT2D eigenvalue weighted by molar-refractivity contribution is 6.25. The summed E-state index contributed by atoms with van der Waals surface area (Å²) < 4.78 is 59.2. The SMILES string of the molecule is CN/C=C(\C(=N)C(F)(F)F)c1ccc(NC(=N)C2=C(NCC3COC3)CCN(C(C)=O)C2)c(F)c1. The monoisotopic (exact) mass is 496 g/mol. The Bertz CT molecular complexity index is 1060. The van der Waals surface area contributed by atoms with Crippen LogP contribution in [0.5, 0.6) is 0 Å². The second-order valence-electron chi connectivity index (χ2n) is 8.35. The predicted molar refractivity (Wildman–Crippen MR) is 125 cm³/mol. The molecular formula is C23H28F4N6O2. The van der Waals surface area contributed by atoms with Crippen LogP contribution in [-0.2, 0) is 9.53 Å². The Hall–Kier alpha value is -3.41. The number of hydrogen-bond acceptors (Lipinski definition) is 6. The van der Waals surface area contributed by atoms with E-state index in [4.69, 9.17) is 15.6 Å². The third kappa shape index (κ3) is 6.38. The number of allylic oxidation sites excluding steroid dienone is 1. The van der Waals surface area contributed by atoms with Gasteiger partial charge in [-0.05, 0) is 17.7 Å². The molecule has 1 amide bonds. The van der Waals surface area contributed by atoms with Crippen molar-refractivity contribution in [3.05, 3.63) is 47.0 Å². The Balaban J connectivity index is 1.82. The molecule has 1 saturated heterocycles. The largest absolute Gasteiger partial charge is 0.433 e. The minimum Gasteiger partial charge on any atom is -0.393 e. The number of carbonyl (C=O) groups excluding carboxylic acids is 1. The van der Waals surface area contributed by atoms with Crippen LogP contribution in [0, 0.1) is 22.6 Å². The van der Waals surface area contributed by atoms with Crippen molar-refractivity contribution in [1.29, 1.82) is 10.8 Å². The molecule has 0 bridgehead atoms. The summed E-state index contributed by atoms with van der Waals surface area (Å²) in [4.78, 5) is 13.5. The number of hydrogen-bond donors (Lipinski definition) is 5. The van der Waals surface area contributed by atoms with E-state index in [-0.39, 0.29) is 29.5 Å². The van der Waals surface area contributed by atoms with Gasteiger partial charge in [-0.1, -0.05) is 6.07 Å². The Morgan fingerprint density at radius 2 is 2.00 bits per heavy atom. The van der Waals surface area contributed by atoms with Crippen LogP contribution in [0.3, 0.4) is 0 Å². The molecule has 0 aliphatic carbocycles. The number of anilines is 1. The van der Waals surface area contributed by atoms with Crippen LogP contribution in [0.1, 0.15) is 18.9 Å². The van der Waals surface area contributed by atoms with Gasteiger partial charge in [0.15, 0.2) is 0 Å². The van der Waals surface area contributed by atoms with Crippen molar-refractivity contribution in [1.82, 2.24) is 15.5 Å². The highest BCUT2D eigenvalue weighted by atomic mass is 19.4. The first-order valence-electron chi connectivity index (χ1n) is 11.0. The van der Waals surface area contributed by atoms with Crippen LogP contribution in [0.15, 0.2) is 35.7 Å². The summed E-state index contributed by atoms with van der Waals surface area (Å²) in [6, 6.07) is 3.35. The molecule has 3 rings (SSSR count). The number of ether oxygens (including phenoxy) is 1. The van der Waals surface area contributed by atoms with Gasteiger partial charge in [-0.3, -0.25) is 15.6 Å². The maximum absolute atomic E-state index is 14.9. The number of amidine groups is 1. The summed E-state index contributed by atoms with van der Waals surface area (Å²) in [5, 5.41) is 24.4. The number of halogens is 4. The minimum atomic E-state index is -4.90. The van der Waals surface area contributed by atoms with Crippen molar-refractivity contribution in [2.45, 2.75) is 19.5 Å². The first kappa shape index (κ1) is 26.2. The third-order valence-corrected chi connectivity index (χ3v) is 5.78. The normalized spacial score (nSPS) is 17.1. The summed E-state index contributed by atoms with van der Waals surface area (Å²) >= 11 is 0. The van der Waals surface area contributed by atoms with E-state index in [0.717, 1.165) is 18.0 Å². The molecule has 8 nitrogen and oxygen atoms in total. The quantitative estimate of drug-likeness (QED) is 0.216. The van der Waals surface area contributed by atoms with Crippen molar-refractivity contribution >= 4 is 28.7 Å². The summed E-state index contributed by atoms with van der Waals surface area (Å²) in [7, 11) is 1.38. The fourth-order valence-electron chi connectivity index (χ4n) is 3.72. The highest BCUT2D eigenvalue weighted by Crippen LogP contribution is 2.29. The number of nitrogens with zero attached hydrogens (tertiary/aromatic N) is 1. The molecule has 0 saturated carbocycles. The molecule has 1 fully saturated rings. The van der Waals surface area contributed by atoms with Gasteiger partial charge in [0, 0.05) is 62.4 Å². The average Bonchev–Trinajstić information content (AvgIpc) is 2.76. The van der Waals surface area contributed by atoms with E-state index in [9.17, 15) is 22.4 Å².